The summed E-state index contributed by atoms with van der Waals surface area (Å²) in [4.78, 5) is 32.0. The molecule has 23 heavy (non-hydrogen) atoms. The second-order valence-electron chi connectivity index (χ2n) is 5.21. The summed E-state index contributed by atoms with van der Waals surface area (Å²) in [5.74, 6) is -0.288. The predicted molar refractivity (Wildman–Crippen MR) is 88.5 cm³/mol. The van der Waals surface area contributed by atoms with Crippen LogP contribution >= 0.6 is 0 Å². The molecule has 2 aromatic rings. The second kappa shape index (κ2) is 7.58. The minimum absolute atomic E-state index is 0.0560. The molecule has 6 nitrogen and oxygen atoms in total. The molecule has 0 bridgehead atoms. The smallest absolute Gasteiger partial charge is 0.272 e. The van der Waals surface area contributed by atoms with Crippen LogP contribution in [-0.4, -0.2) is 57.8 Å². The number of amides is 2. The van der Waals surface area contributed by atoms with Gasteiger partial charge in [-0.05, 0) is 26.0 Å². The van der Waals surface area contributed by atoms with Gasteiger partial charge in [0, 0.05) is 25.8 Å². The van der Waals surface area contributed by atoms with Crippen molar-refractivity contribution < 1.29 is 9.59 Å². The SMILES string of the molecule is CCN(CC)C(=O)CN(C)C(=O)c1cncn1-c1ccccc1. The highest BCUT2D eigenvalue weighted by Crippen LogP contribution is 2.12. The number of benzene rings is 1. The maximum atomic E-state index is 12.6. The van der Waals surface area contributed by atoms with Crippen LogP contribution in [0.4, 0.5) is 0 Å². The lowest BCUT2D eigenvalue weighted by Gasteiger charge is -2.23. The first kappa shape index (κ1) is 16.7. The lowest BCUT2D eigenvalue weighted by Crippen LogP contribution is -2.41. The van der Waals surface area contributed by atoms with Gasteiger partial charge in [0.1, 0.15) is 5.69 Å². The Morgan fingerprint density at radius 2 is 1.78 bits per heavy atom. The Morgan fingerprint density at radius 1 is 1.13 bits per heavy atom. The van der Waals surface area contributed by atoms with Crippen LogP contribution < -0.4 is 0 Å². The van der Waals surface area contributed by atoms with Crippen molar-refractivity contribution in [3.8, 4) is 5.69 Å². The first-order chi connectivity index (χ1) is 11.1. The molecular formula is C17H22N4O2. The van der Waals surface area contributed by atoms with Gasteiger partial charge in [-0.25, -0.2) is 4.98 Å². The maximum absolute atomic E-state index is 12.6. The molecule has 1 heterocycles. The number of hydrogen-bond donors (Lipinski definition) is 0. The van der Waals surface area contributed by atoms with Gasteiger partial charge in [0.05, 0.1) is 19.1 Å². The van der Waals surface area contributed by atoms with E-state index < -0.39 is 0 Å². The highest BCUT2D eigenvalue weighted by Gasteiger charge is 2.21. The lowest BCUT2D eigenvalue weighted by molar-refractivity contribution is -0.131. The van der Waals surface area contributed by atoms with Crippen LogP contribution in [0.15, 0.2) is 42.9 Å². The lowest BCUT2D eigenvalue weighted by atomic mass is 10.3. The summed E-state index contributed by atoms with van der Waals surface area (Å²) >= 11 is 0. The van der Waals surface area contributed by atoms with Crippen molar-refractivity contribution in [1.82, 2.24) is 19.4 Å². The zero-order chi connectivity index (χ0) is 16.8. The molecule has 0 atom stereocenters. The van der Waals surface area contributed by atoms with Crippen molar-refractivity contribution in [3.05, 3.63) is 48.5 Å². The van der Waals surface area contributed by atoms with Crippen LogP contribution in [-0.2, 0) is 4.79 Å². The Balaban J connectivity index is 2.15. The average molecular weight is 314 g/mol. The van der Waals surface area contributed by atoms with Crippen molar-refractivity contribution >= 4 is 11.8 Å². The number of imidazole rings is 1. The number of para-hydroxylation sites is 1. The van der Waals surface area contributed by atoms with Crippen molar-refractivity contribution in [2.75, 3.05) is 26.7 Å². The number of rotatable bonds is 6. The van der Waals surface area contributed by atoms with E-state index in [0.717, 1.165) is 5.69 Å². The Bertz CT molecular complexity index is 662. The van der Waals surface area contributed by atoms with Crippen LogP contribution in [0.5, 0.6) is 0 Å². The third-order valence-electron chi connectivity index (χ3n) is 3.73. The molecule has 0 saturated heterocycles. The molecule has 1 aromatic heterocycles. The largest absolute Gasteiger partial charge is 0.342 e. The normalized spacial score (nSPS) is 10.4. The van der Waals surface area contributed by atoms with Crippen LogP contribution in [0.3, 0.4) is 0 Å². The standard InChI is InChI=1S/C17H22N4O2/c1-4-20(5-2)16(22)12-19(3)17(23)15-11-18-13-21(15)14-9-7-6-8-10-14/h6-11,13H,4-5,12H2,1-3H3. The summed E-state index contributed by atoms with van der Waals surface area (Å²) < 4.78 is 1.72. The summed E-state index contributed by atoms with van der Waals surface area (Å²) in [6.07, 6.45) is 3.12. The van der Waals surface area contributed by atoms with E-state index in [4.69, 9.17) is 0 Å². The Labute approximate surface area is 136 Å². The van der Waals surface area contributed by atoms with Crippen LogP contribution in [0.1, 0.15) is 24.3 Å². The molecule has 0 saturated carbocycles. The molecule has 2 amide bonds. The monoisotopic (exact) mass is 314 g/mol. The minimum atomic E-state index is -0.230. The Morgan fingerprint density at radius 3 is 2.39 bits per heavy atom. The minimum Gasteiger partial charge on any atom is -0.342 e. The molecule has 0 fully saturated rings. The summed E-state index contributed by atoms with van der Waals surface area (Å²) in [5.41, 5.74) is 1.29. The van der Waals surface area contributed by atoms with Crippen LogP contribution in [0.2, 0.25) is 0 Å². The Hall–Kier alpha value is -2.63. The fraction of sp³-hybridized carbons (Fsp3) is 0.353. The molecule has 6 heteroatoms. The van der Waals surface area contributed by atoms with Crippen molar-refractivity contribution in [2.24, 2.45) is 0 Å². The first-order valence-corrected chi connectivity index (χ1v) is 7.69. The number of aromatic nitrogens is 2. The van der Waals surface area contributed by atoms with Crippen molar-refractivity contribution in [3.63, 3.8) is 0 Å². The summed E-state index contributed by atoms with van der Waals surface area (Å²) in [6.45, 7) is 5.18. The maximum Gasteiger partial charge on any atom is 0.272 e. The summed E-state index contributed by atoms with van der Waals surface area (Å²) in [6, 6.07) is 9.52. The van der Waals surface area contributed by atoms with Gasteiger partial charge in [-0.15, -0.1) is 0 Å². The molecular weight excluding hydrogens is 292 g/mol. The molecule has 2 rings (SSSR count). The first-order valence-electron chi connectivity index (χ1n) is 7.69. The van der Waals surface area contributed by atoms with E-state index in [2.05, 4.69) is 4.98 Å². The third-order valence-corrected chi connectivity index (χ3v) is 3.73. The number of likely N-dealkylation sites (N-methyl/N-ethyl adjacent to an activating group) is 2. The van der Waals surface area contributed by atoms with Gasteiger partial charge in [-0.3, -0.25) is 14.2 Å². The van der Waals surface area contributed by atoms with E-state index in [1.807, 2.05) is 44.2 Å². The molecule has 122 valence electrons. The van der Waals surface area contributed by atoms with E-state index in [1.165, 1.54) is 11.1 Å². The summed E-state index contributed by atoms with van der Waals surface area (Å²) in [7, 11) is 1.63. The van der Waals surface area contributed by atoms with E-state index >= 15 is 0 Å². The second-order valence-corrected chi connectivity index (χ2v) is 5.21. The highest BCUT2D eigenvalue weighted by atomic mass is 16.2. The van der Waals surface area contributed by atoms with E-state index in [1.54, 1.807) is 22.8 Å². The fourth-order valence-corrected chi connectivity index (χ4v) is 2.39. The molecule has 0 aliphatic carbocycles. The fourth-order valence-electron chi connectivity index (χ4n) is 2.39. The number of hydrogen-bond acceptors (Lipinski definition) is 3. The predicted octanol–water partition coefficient (Wildman–Crippen LogP) is 1.81. The van der Waals surface area contributed by atoms with Gasteiger partial charge in [0.2, 0.25) is 5.91 Å². The van der Waals surface area contributed by atoms with Gasteiger partial charge in [0.15, 0.2) is 0 Å². The molecule has 0 unspecified atom stereocenters. The number of carbonyl (C=O) groups is 2. The zero-order valence-corrected chi connectivity index (χ0v) is 13.8. The molecule has 0 N–H and O–H groups in total. The van der Waals surface area contributed by atoms with Crippen LogP contribution in [0, 0.1) is 0 Å². The van der Waals surface area contributed by atoms with Gasteiger partial charge >= 0.3 is 0 Å². The van der Waals surface area contributed by atoms with Gasteiger partial charge in [-0.2, -0.15) is 0 Å². The van der Waals surface area contributed by atoms with Gasteiger partial charge in [0.25, 0.3) is 5.91 Å². The third kappa shape index (κ3) is 3.77. The van der Waals surface area contributed by atoms with E-state index in [-0.39, 0.29) is 18.4 Å². The topological polar surface area (TPSA) is 58.4 Å². The molecule has 0 aliphatic heterocycles. The number of nitrogens with zero attached hydrogens (tertiary/aromatic N) is 4. The quantitative estimate of drug-likeness (QED) is 0.817. The summed E-state index contributed by atoms with van der Waals surface area (Å²) in [5, 5.41) is 0. The van der Waals surface area contributed by atoms with Gasteiger partial charge < -0.3 is 9.80 Å². The Kier molecular flexibility index (Phi) is 5.51. The van der Waals surface area contributed by atoms with E-state index in [9.17, 15) is 9.59 Å². The molecule has 0 radical (unpaired) electrons. The number of carbonyl (C=O) groups excluding carboxylic acids is 2. The van der Waals surface area contributed by atoms with Gasteiger partial charge in [-0.1, -0.05) is 18.2 Å². The molecule has 0 spiro atoms. The molecule has 0 aliphatic rings. The zero-order valence-electron chi connectivity index (χ0n) is 13.8. The molecule has 1 aromatic carbocycles. The van der Waals surface area contributed by atoms with E-state index in [0.29, 0.717) is 18.8 Å². The van der Waals surface area contributed by atoms with Crippen molar-refractivity contribution in [1.29, 1.82) is 0 Å². The average Bonchev–Trinajstić information content (AvgIpc) is 3.05. The highest BCUT2D eigenvalue weighted by molar-refractivity contribution is 5.95. The van der Waals surface area contributed by atoms with Crippen LogP contribution in [0.25, 0.3) is 5.69 Å². The van der Waals surface area contributed by atoms with Crippen molar-refractivity contribution in [2.45, 2.75) is 13.8 Å².